The minimum absolute atomic E-state index is 0. The average molecular weight is 339 g/mol. The van der Waals surface area contributed by atoms with E-state index in [1.165, 1.54) is 12.1 Å². The molecule has 0 radical (unpaired) electrons. The van der Waals surface area contributed by atoms with Crippen LogP contribution in [0.1, 0.15) is 24.0 Å². The van der Waals surface area contributed by atoms with Gasteiger partial charge in [-0.2, -0.15) is 13.2 Å². The van der Waals surface area contributed by atoms with Crippen molar-refractivity contribution in [2.45, 2.75) is 37.8 Å². The molecular weight excluding hydrogens is 321 g/mol. The van der Waals surface area contributed by atoms with Crippen molar-refractivity contribution in [3.05, 3.63) is 35.4 Å². The molecule has 0 bridgehead atoms. The first-order chi connectivity index (χ1) is 9.90. The molecule has 0 aromatic heterocycles. The summed E-state index contributed by atoms with van der Waals surface area (Å²) in [5.74, 6) is -0.316. The Kier molecular flexibility index (Phi) is 6.65. The van der Waals surface area contributed by atoms with Crippen LogP contribution in [0.15, 0.2) is 24.3 Å². The average Bonchev–Trinajstić information content (AvgIpc) is 2.93. The van der Waals surface area contributed by atoms with Gasteiger partial charge in [0.05, 0.1) is 11.7 Å². The lowest BCUT2D eigenvalue weighted by Crippen LogP contribution is -2.35. The highest BCUT2D eigenvalue weighted by Gasteiger charge is 2.31. The van der Waals surface area contributed by atoms with Crippen LogP contribution in [-0.4, -0.2) is 24.7 Å². The van der Waals surface area contributed by atoms with Crippen LogP contribution in [0.3, 0.4) is 0 Å². The lowest BCUT2D eigenvalue weighted by molar-refractivity contribution is -0.137. The quantitative estimate of drug-likeness (QED) is 0.885. The van der Waals surface area contributed by atoms with Gasteiger partial charge in [0.15, 0.2) is 0 Å². The lowest BCUT2D eigenvalue weighted by Gasteiger charge is -2.13. The van der Waals surface area contributed by atoms with Gasteiger partial charge >= 0.3 is 6.18 Å². The number of carbonyl (C=O) groups is 1. The summed E-state index contributed by atoms with van der Waals surface area (Å²) in [5.41, 5.74) is 5.12. The van der Waals surface area contributed by atoms with E-state index in [1.54, 1.807) is 0 Å². The van der Waals surface area contributed by atoms with Gasteiger partial charge in [-0.05, 0) is 30.5 Å². The molecule has 1 amide bonds. The highest BCUT2D eigenvalue weighted by atomic mass is 35.5. The van der Waals surface area contributed by atoms with Crippen LogP contribution < -0.4 is 11.1 Å². The van der Waals surface area contributed by atoms with Crippen molar-refractivity contribution in [3.63, 3.8) is 0 Å². The first kappa shape index (κ1) is 18.7. The maximum Gasteiger partial charge on any atom is 0.416 e. The van der Waals surface area contributed by atoms with Gasteiger partial charge in [0.1, 0.15) is 6.10 Å². The fourth-order valence-corrected chi connectivity index (χ4v) is 2.23. The Bertz CT molecular complexity index is 511. The van der Waals surface area contributed by atoms with E-state index in [0.717, 1.165) is 18.6 Å². The van der Waals surface area contributed by atoms with Gasteiger partial charge in [0.2, 0.25) is 5.91 Å². The second kappa shape index (κ2) is 7.80. The fraction of sp³-hybridized carbons (Fsp3) is 0.500. The number of benzene rings is 1. The minimum Gasteiger partial charge on any atom is -0.364 e. The van der Waals surface area contributed by atoms with Crippen molar-refractivity contribution in [3.8, 4) is 0 Å². The highest BCUT2D eigenvalue weighted by molar-refractivity contribution is 5.85. The molecule has 1 aliphatic heterocycles. The number of halogens is 4. The predicted octanol–water partition coefficient (Wildman–Crippen LogP) is 2.25. The van der Waals surface area contributed by atoms with Crippen LogP contribution in [0, 0.1) is 0 Å². The molecule has 1 saturated heterocycles. The van der Waals surface area contributed by atoms with Crippen LogP contribution in [0.25, 0.3) is 0 Å². The summed E-state index contributed by atoms with van der Waals surface area (Å²) in [7, 11) is 0. The molecule has 4 nitrogen and oxygen atoms in total. The van der Waals surface area contributed by atoms with Gasteiger partial charge in [0, 0.05) is 13.1 Å². The topological polar surface area (TPSA) is 64.4 Å². The zero-order valence-electron chi connectivity index (χ0n) is 11.7. The Morgan fingerprint density at radius 1 is 1.36 bits per heavy atom. The van der Waals surface area contributed by atoms with Crippen molar-refractivity contribution >= 4 is 18.3 Å². The SMILES string of the molecule is Cl.NC[C@H]1CC[C@@H](C(=O)NCc2cccc(C(F)(F)F)c2)O1. The summed E-state index contributed by atoms with van der Waals surface area (Å²) < 4.78 is 43.1. The van der Waals surface area contributed by atoms with Gasteiger partial charge in [-0.25, -0.2) is 0 Å². The van der Waals surface area contributed by atoms with E-state index < -0.39 is 17.8 Å². The first-order valence-electron chi connectivity index (χ1n) is 6.69. The van der Waals surface area contributed by atoms with E-state index in [4.69, 9.17) is 10.5 Å². The Morgan fingerprint density at radius 2 is 2.09 bits per heavy atom. The number of nitrogens with one attached hydrogen (secondary N) is 1. The fourth-order valence-electron chi connectivity index (χ4n) is 2.23. The molecule has 1 aromatic carbocycles. The van der Waals surface area contributed by atoms with Gasteiger partial charge in [-0.1, -0.05) is 12.1 Å². The number of rotatable bonds is 4. The molecule has 22 heavy (non-hydrogen) atoms. The first-order valence-corrected chi connectivity index (χ1v) is 6.69. The summed E-state index contributed by atoms with van der Waals surface area (Å²) in [6, 6.07) is 4.88. The summed E-state index contributed by atoms with van der Waals surface area (Å²) in [4.78, 5) is 11.9. The number of ether oxygens (including phenoxy) is 1. The Morgan fingerprint density at radius 3 is 2.68 bits per heavy atom. The lowest BCUT2D eigenvalue weighted by atomic mass is 10.1. The van der Waals surface area contributed by atoms with E-state index in [0.29, 0.717) is 18.5 Å². The van der Waals surface area contributed by atoms with E-state index in [-0.39, 0.29) is 31.0 Å². The van der Waals surface area contributed by atoms with Crippen LogP contribution >= 0.6 is 12.4 Å². The molecule has 1 aliphatic rings. The van der Waals surface area contributed by atoms with Crippen LogP contribution in [-0.2, 0) is 22.3 Å². The summed E-state index contributed by atoms with van der Waals surface area (Å²) in [5, 5.41) is 2.59. The van der Waals surface area contributed by atoms with E-state index >= 15 is 0 Å². The zero-order valence-corrected chi connectivity index (χ0v) is 12.5. The third kappa shape index (κ3) is 4.86. The second-order valence-electron chi connectivity index (χ2n) is 4.98. The number of alkyl halides is 3. The Labute approximate surface area is 132 Å². The van der Waals surface area contributed by atoms with Crippen molar-refractivity contribution in [2.24, 2.45) is 5.73 Å². The summed E-state index contributed by atoms with van der Waals surface area (Å²) in [6.45, 7) is 0.396. The van der Waals surface area contributed by atoms with Crippen LogP contribution in [0.2, 0.25) is 0 Å². The van der Waals surface area contributed by atoms with Crippen molar-refractivity contribution < 1.29 is 22.7 Å². The van der Waals surface area contributed by atoms with Crippen molar-refractivity contribution in [1.82, 2.24) is 5.32 Å². The largest absolute Gasteiger partial charge is 0.416 e. The maximum atomic E-state index is 12.6. The number of hydrogen-bond donors (Lipinski definition) is 2. The molecule has 0 unspecified atom stereocenters. The summed E-state index contributed by atoms with van der Waals surface area (Å²) >= 11 is 0. The zero-order chi connectivity index (χ0) is 15.5. The normalized spacial score (nSPS) is 21.3. The van der Waals surface area contributed by atoms with Crippen LogP contribution in [0.5, 0.6) is 0 Å². The van der Waals surface area contributed by atoms with Gasteiger partial charge in [-0.3, -0.25) is 4.79 Å². The Hall–Kier alpha value is -1.31. The molecule has 8 heteroatoms. The standard InChI is InChI=1S/C14H17F3N2O2.ClH/c15-14(16,17)10-3-1-2-9(6-10)8-19-13(20)12-5-4-11(7-18)21-12;/h1-3,6,11-12H,4-5,7-8,18H2,(H,19,20);1H/t11-,12+;/m1./s1. The number of hydrogen-bond acceptors (Lipinski definition) is 3. The molecule has 0 spiro atoms. The predicted molar refractivity (Wildman–Crippen MR) is 77.5 cm³/mol. The molecule has 0 aliphatic carbocycles. The van der Waals surface area contributed by atoms with Gasteiger partial charge in [-0.15, -0.1) is 12.4 Å². The number of nitrogens with two attached hydrogens (primary N) is 1. The van der Waals surface area contributed by atoms with E-state index in [1.807, 2.05) is 0 Å². The summed E-state index contributed by atoms with van der Waals surface area (Å²) in [6.07, 6.45) is -3.77. The number of amides is 1. The van der Waals surface area contributed by atoms with Crippen molar-refractivity contribution in [2.75, 3.05) is 6.54 Å². The minimum atomic E-state index is -4.39. The molecule has 3 N–H and O–H groups in total. The molecule has 1 aromatic rings. The van der Waals surface area contributed by atoms with Crippen molar-refractivity contribution in [1.29, 1.82) is 0 Å². The van der Waals surface area contributed by atoms with E-state index in [2.05, 4.69) is 5.32 Å². The molecule has 1 fully saturated rings. The molecule has 2 atom stereocenters. The second-order valence-corrected chi connectivity index (χ2v) is 4.98. The smallest absolute Gasteiger partial charge is 0.364 e. The molecule has 2 rings (SSSR count). The molecule has 124 valence electrons. The third-order valence-electron chi connectivity index (χ3n) is 3.38. The van der Waals surface area contributed by atoms with Gasteiger partial charge in [0.25, 0.3) is 0 Å². The Balaban J connectivity index is 0.00000242. The highest BCUT2D eigenvalue weighted by Crippen LogP contribution is 2.29. The van der Waals surface area contributed by atoms with Crippen LogP contribution in [0.4, 0.5) is 13.2 Å². The third-order valence-corrected chi connectivity index (χ3v) is 3.38. The monoisotopic (exact) mass is 338 g/mol. The maximum absolute atomic E-state index is 12.6. The van der Waals surface area contributed by atoms with Gasteiger partial charge < -0.3 is 15.8 Å². The molecule has 1 heterocycles. The number of carbonyl (C=O) groups excluding carboxylic acids is 1. The molecular formula is C14H18ClF3N2O2. The van der Waals surface area contributed by atoms with E-state index in [9.17, 15) is 18.0 Å². The molecule has 0 saturated carbocycles.